The summed E-state index contributed by atoms with van der Waals surface area (Å²) in [6.07, 6.45) is -1.03. The number of rotatable bonds is 5. The molecule has 1 heterocycles. The Labute approximate surface area is 99.4 Å². The first kappa shape index (κ1) is 13.3. The Bertz CT molecular complexity index is 396. The predicted molar refractivity (Wildman–Crippen MR) is 61.8 cm³/mol. The maximum atomic E-state index is 12.7. The van der Waals surface area contributed by atoms with Gasteiger partial charge in [-0.15, -0.1) is 5.10 Å². The minimum atomic E-state index is -1.03. The van der Waals surface area contributed by atoms with E-state index in [1.807, 2.05) is 0 Å². The molecule has 1 N–H and O–H groups in total. The number of esters is 1. The average molecular weight is 241 g/mol. The van der Waals surface area contributed by atoms with Gasteiger partial charge in [0, 0.05) is 6.54 Å². The van der Waals surface area contributed by atoms with Crippen molar-refractivity contribution in [3.05, 3.63) is 17.3 Å². The number of carbonyl (C=O) groups is 1. The molecule has 94 valence electrons. The quantitative estimate of drug-likeness (QED) is 0.795. The van der Waals surface area contributed by atoms with E-state index in [2.05, 4.69) is 15.5 Å². The van der Waals surface area contributed by atoms with E-state index in [4.69, 9.17) is 4.74 Å². The molecule has 0 aliphatic carbocycles. The van der Waals surface area contributed by atoms with Crippen molar-refractivity contribution in [2.75, 3.05) is 18.5 Å². The lowest BCUT2D eigenvalue weighted by molar-refractivity contribution is 0.0526. The number of aryl methyl sites for hydroxylation is 1. The summed E-state index contributed by atoms with van der Waals surface area (Å²) in [7, 11) is 0. The molecule has 5 nitrogen and oxygen atoms in total. The van der Waals surface area contributed by atoms with Crippen LogP contribution in [0, 0.1) is 6.92 Å². The molecule has 0 aliphatic heterocycles. The van der Waals surface area contributed by atoms with Gasteiger partial charge in [0.25, 0.3) is 0 Å². The molecule has 0 fully saturated rings. The van der Waals surface area contributed by atoms with Crippen molar-refractivity contribution in [3.63, 3.8) is 0 Å². The van der Waals surface area contributed by atoms with Gasteiger partial charge in [0.1, 0.15) is 11.7 Å². The second kappa shape index (κ2) is 6.12. The summed E-state index contributed by atoms with van der Waals surface area (Å²) in [6.45, 7) is 5.20. The maximum absolute atomic E-state index is 12.7. The van der Waals surface area contributed by atoms with Crippen LogP contribution in [0.15, 0.2) is 6.07 Å². The number of alkyl halides is 1. The highest BCUT2D eigenvalue weighted by atomic mass is 19.1. The van der Waals surface area contributed by atoms with Gasteiger partial charge < -0.3 is 10.1 Å². The first-order valence-electron chi connectivity index (χ1n) is 5.44. The van der Waals surface area contributed by atoms with Gasteiger partial charge in [0.2, 0.25) is 0 Å². The van der Waals surface area contributed by atoms with Gasteiger partial charge in [-0.3, -0.25) is 0 Å². The van der Waals surface area contributed by atoms with Gasteiger partial charge in [0.15, 0.2) is 5.82 Å². The fourth-order valence-electron chi connectivity index (χ4n) is 1.22. The van der Waals surface area contributed by atoms with Crippen molar-refractivity contribution in [2.45, 2.75) is 26.9 Å². The van der Waals surface area contributed by atoms with Gasteiger partial charge in [-0.05, 0) is 26.8 Å². The Morgan fingerprint density at radius 2 is 2.29 bits per heavy atom. The fourth-order valence-corrected chi connectivity index (χ4v) is 1.22. The number of hydrogen-bond donors (Lipinski definition) is 1. The Kier molecular flexibility index (Phi) is 4.81. The van der Waals surface area contributed by atoms with E-state index in [0.717, 1.165) is 0 Å². The van der Waals surface area contributed by atoms with Crippen LogP contribution in [0.5, 0.6) is 0 Å². The third-order valence-corrected chi connectivity index (χ3v) is 1.96. The van der Waals surface area contributed by atoms with E-state index in [-0.39, 0.29) is 24.5 Å². The van der Waals surface area contributed by atoms with E-state index in [9.17, 15) is 9.18 Å². The maximum Gasteiger partial charge on any atom is 0.342 e. The standard InChI is InChI=1S/C11H16FN3O2/c1-4-17-11(16)9-5-8(3)14-15-10(9)13-6-7(2)12/h5,7H,4,6H2,1-3H3,(H,13,15). The van der Waals surface area contributed by atoms with Crippen molar-refractivity contribution in [3.8, 4) is 0 Å². The van der Waals surface area contributed by atoms with E-state index >= 15 is 0 Å². The second-order valence-corrected chi connectivity index (χ2v) is 3.63. The zero-order valence-electron chi connectivity index (χ0n) is 10.2. The number of carbonyl (C=O) groups excluding carboxylic acids is 1. The molecular formula is C11H16FN3O2. The highest BCUT2D eigenvalue weighted by Gasteiger charge is 2.15. The number of nitrogens with one attached hydrogen (secondary N) is 1. The van der Waals surface area contributed by atoms with Crippen LogP contribution in [0.3, 0.4) is 0 Å². The lowest BCUT2D eigenvalue weighted by Crippen LogP contribution is -2.17. The molecule has 1 rings (SSSR count). The molecule has 0 saturated heterocycles. The Balaban J connectivity index is 2.91. The van der Waals surface area contributed by atoms with Crippen molar-refractivity contribution in [1.29, 1.82) is 0 Å². The molecule has 0 radical (unpaired) electrons. The van der Waals surface area contributed by atoms with Crippen molar-refractivity contribution in [1.82, 2.24) is 10.2 Å². The van der Waals surface area contributed by atoms with E-state index in [1.165, 1.54) is 6.92 Å². The van der Waals surface area contributed by atoms with Gasteiger partial charge in [-0.1, -0.05) is 0 Å². The lowest BCUT2D eigenvalue weighted by Gasteiger charge is -2.10. The van der Waals surface area contributed by atoms with Crippen LogP contribution in [0.1, 0.15) is 29.9 Å². The Hall–Kier alpha value is -1.72. The van der Waals surface area contributed by atoms with Crippen LogP contribution in [-0.4, -0.2) is 35.5 Å². The smallest absolute Gasteiger partial charge is 0.342 e. The van der Waals surface area contributed by atoms with Crippen LogP contribution in [-0.2, 0) is 4.74 Å². The van der Waals surface area contributed by atoms with E-state index in [1.54, 1.807) is 19.9 Å². The first-order valence-corrected chi connectivity index (χ1v) is 5.44. The van der Waals surface area contributed by atoms with Crippen molar-refractivity contribution in [2.24, 2.45) is 0 Å². The largest absolute Gasteiger partial charge is 0.462 e. The van der Waals surface area contributed by atoms with Crippen LogP contribution >= 0.6 is 0 Å². The molecule has 0 amide bonds. The molecule has 1 aromatic rings. The summed E-state index contributed by atoms with van der Waals surface area (Å²) >= 11 is 0. The summed E-state index contributed by atoms with van der Waals surface area (Å²) in [5.41, 5.74) is 0.881. The molecule has 0 bridgehead atoms. The third-order valence-electron chi connectivity index (χ3n) is 1.96. The zero-order valence-corrected chi connectivity index (χ0v) is 10.2. The molecule has 1 aromatic heterocycles. The lowest BCUT2D eigenvalue weighted by atomic mass is 10.2. The van der Waals surface area contributed by atoms with E-state index in [0.29, 0.717) is 5.69 Å². The first-order chi connectivity index (χ1) is 8.04. The monoisotopic (exact) mass is 241 g/mol. The molecule has 0 aliphatic rings. The number of hydrogen-bond acceptors (Lipinski definition) is 5. The van der Waals surface area contributed by atoms with Gasteiger partial charge in [-0.25, -0.2) is 9.18 Å². The summed E-state index contributed by atoms with van der Waals surface area (Å²) in [5.74, 6) is -0.238. The fraction of sp³-hybridized carbons (Fsp3) is 0.545. The predicted octanol–water partition coefficient (Wildman–Crippen LogP) is 1.73. The van der Waals surface area contributed by atoms with Crippen LogP contribution in [0.25, 0.3) is 0 Å². The van der Waals surface area contributed by atoms with Crippen LogP contribution < -0.4 is 5.32 Å². The molecule has 0 saturated carbocycles. The Morgan fingerprint density at radius 1 is 1.59 bits per heavy atom. The summed E-state index contributed by atoms with van der Waals surface area (Å²) in [5, 5.41) is 10.4. The van der Waals surface area contributed by atoms with E-state index < -0.39 is 12.1 Å². The highest BCUT2D eigenvalue weighted by molar-refractivity contribution is 5.94. The molecule has 1 atom stereocenters. The topological polar surface area (TPSA) is 64.1 Å². The number of halogens is 1. The number of anilines is 1. The average Bonchev–Trinajstić information content (AvgIpc) is 2.27. The van der Waals surface area contributed by atoms with Crippen molar-refractivity contribution < 1.29 is 13.9 Å². The van der Waals surface area contributed by atoms with Crippen molar-refractivity contribution >= 4 is 11.8 Å². The third kappa shape index (κ3) is 3.97. The van der Waals surface area contributed by atoms with Gasteiger partial charge in [-0.2, -0.15) is 5.10 Å². The number of aromatic nitrogens is 2. The minimum absolute atomic E-state index is 0.0736. The second-order valence-electron chi connectivity index (χ2n) is 3.63. The summed E-state index contributed by atoms with van der Waals surface area (Å²) in [4.78, 5) is 11.6. The van der Waals surface area contributed by atoms with Gasteiger partial charge in [0.05, 0.1) is 12.3 Å². The molecular weight excluding hydrogens is 225 g/mol. The van der Waals surface area contributed by atoms with Crippen LogP contribution in [0.2, 0.25) is 0 Å². The molecule has 0 aromatic carbocycles. The summed E-state index contributed by atoms with van der Waals surface area (Å²) < 4.78 is 17.6. The normalized spacial score (nSPS) is 12.0. The zero-order chi connectivity index (χ0) is 12.8. The highest BCUT2D eigenvalue weighted by Crippen LogP contribution is 2.13. The minimum Gasteiger partial charge on any atom is -0.462 e. The molecule has 17 heavy (non-hydrogen) atoms. The SMILES string of the molecule is CCOC(=O)c1cc(C)nnc1NCC(C)F. The Morgan fingerprint density at radius 3 is 2.88 bits per heavy atom. The number of ether oxygens (including phenoxy) is 1. The number of nitrogens with zero attached hydrogens (tertiary/aromatic N) is 2. The summed E-state index contributed by atoms with van der Waals surface area (Å²) in [6, 6.07) is 1.57. The van der Waals surface area contributed by atoms with Gasteiger partial charge >= 0.3 is 5.97 Å². The molecule has 6 heteroatoms. The van der Waals surface area contributed by atoms with Crippen LogP contribution in [0.4, 0.5) is 10.2 Å². The molecule has 0 spiro atoms. The molecule has 1 unspecified atom stereocenters.